The highest BCUT2D eigenvalue weighted by Crippen LogP contribution is 2.35. The zero-order chi connectivity index (χ0) is 19.3. The first-order chi connectivity index (χ1) is 13.0. The maximum absolute atomic E-state index is 12.4. The van der Waals surface area contributed by atoms with Gasteiger partial charge in [0.1, 0.15) is 19.0 Å². The number of ether oxygens (including phenoxy) is 1. The maximum Gasteiger partial charge on any atom is 0.275 e. The van der Waals surface area contributed by atoms with E-state index in [4.69, 9.17) is 10.5 Å². The maximum atomic E-state index is 12.4. The van der Waals surface area contributed by atoms with Crippen molar-refractivity contribution < 1.29 is 13.9 Å². The van der Waals surface area contributed by atoms with Gasteiger partial charge in [-0.25, -0.2) is 14.4 Å². The number of halogens is 1. The number of aromatic nitrogens is 3. The van der Waals surface area contributed by atoms with Crippen LogP contribution in [0.1, 0.15) is 29.4 Å². The van der Waals surface area contributed by atoms with Gasteiger partial charge >= 0.3 is 0 Å². The predicted octanol–water partition coefficient (Wildman–Crippen LogP) is 2.14. The van der Waals surface area contributed by atoms with Crippen molar-refractivity contribution in [2.45, 2.75) is 18.9 Å². The molecule has 0 aromatic carbocycles. The molecule has 1 amide bonds. The van der Waals surface area contributed by atoms with E-state index in [0.717, 1.165) is 17.7 Å². The minimum atomic E-state index is -0.624. The van der Waals surface area contributed by atoms with Crippen LogP contribution in [-0.2, 0) is 5.54 Å². The average molecular weight is 390 g/mol. The molecule has 142 valence electrons. The third kappa shape index (κ3) is 4.70. The number of amides is 1. The lowest BCUT2D eigenvalue weighted by atomic mass is 9.91. The lowest BCUT2D eigenvalue weighted by molar-refractivity contribution is 0.102. The molecule has 1 aliphatic rings. The number of thioether (sulfide) groups is 1. The lowest BCUT2D eigenvalue weighted by Crippen LogP contribution is -2.29. The van der Waals surface area contributed by atoms with Gasteiger partial charge in [0.05, 0.1) is 29.8 Å². The molecule has 2 aromatic rings. The van der Waals surface area contributed by atoms with Gasteiger partial charge < -0.3 is 15.8 Å². The summed E-state index contributed by atoms with van der Waals surface area (Å²) < 4.78 is 17.1. The molecule has 0 saturated carbocycles. The van der Waals surface area contributed by atoms with Gasteiger partial charge in [-0.3, -0.25) is 14.8 Å². The van der Waals surface area contributed by atoms with Crippen molar-refractivity contribution in [1.82, 2.24) is 15.0 Å². The second-order valence-corrected chi connectivity index (χ2v) is 7.13. The van der Waals surface area contributed by atoms with Crippen LogP contribution in [0.25, 0.3) is 0 Å². The number of alkyl halides is 1. The molecule has 2 aromatic heterocycles. The number of pyridine rings is 1. The van der Waals surface area contributed by atoms with Crippen LogP contribution in [0.2, 0.25) is 0 Å². The molecule has 3 rings (SSSR count). The Morgan fingerprint density at radius 1 is 1.37 bits per heavy atom. The first-order valence-electron chi connectivity index (χ1n) is 8.26. The number of rotatable bonds is 6. The fourth-order valence-electron chi connectivity index (χ4n) is 2.54. The average Bonchev–Trinajstić information content (AvgIpc) is 2.67. The number of nitrogens with two attached hydrogens (primary N) is 1. The Kier molecular flexibility index (Phi) is 5.84. The normalized spacial score (nSPS) is 19.3. The van der Waals surface area contributed by atoms with Gasteiger partial charge in [-0.05, 0) is 25.0 Å². The number of hydrogen-bond acceptors (Lipinski definition) is 8. The molecule has 1 atom stereocenters. The van der Waals surface area contributed by atoms with Gasteiger partial charge in [-0.2, -0.15) is 0 Å². The molecule has 0 spiro atoms. The van der Waals surface area contributed by atoms with E-state index in [9.17, 15) is 9.18 Å². The number of amidine groups is 1. The minimum Gasteiger partial charge on any atom is -0.474 e. The van der Waals surface area contributed by atoms with Crippen molar-refractivity contribution in [3.8, 4) is 5.88 Å². The lowest BCUT2D eigenvalue weighted by Gasteiger charge is -2.29. The summed E-state index contributed by atoms with van der Waals surface area (Å²) >= 11 is 1.52. The molecule has 0 radical (unpaired) electrons. The van der Waals surface area contributed by atoms with E-state index >= 15 is 0 Å². The Bertz CT molecular complexity index is 848. The highest BCUT2D eigenvalue weighted by atomic mass is 32.2. The molecule has 10 heteroatoms. The van der Waals surface area contributed by atoms with Crippen LogP contribution in [0.5, 0.6) is 5.88 Å². The monoisotopic (exact) mass is 390 g/mol. The van der Waals surface area contributed by atoms with Crippen molar-refractivity contribution in [2.24, 2.45) is 10.7 Å². The molecule has 0 fully saturated rings. The Morgan fingerprint density at radius 3 is 2.93 bits per heavy atom. The van der Waals surface area contributed by atoms with Crippen LogP contribution in [0.15, 0.2) is 35.8 Å². The second kappa shape index (κ2) is 8.30. The van der Waals surface area contributed by atoms with E-state index < -0.39 is 18.1 Å². The van der Waals surface area contributed by atoms with Crippen LogP contribution in [0.4, 0.5) is 10.1 Å². The standard InChI is InChI=1S/C17H19FN6O2S/c1-17(2-5-27-16(19)24-17)11-6-12(8-20-7-11)23-15(25)13-9-22-14(10-21-13)26-4-3-18/h6-10H,2-5H2,1H3,(H2,19,24)(H,23,25)/t17-/m0/s1. The Balaban J connectivity index is 1.72. The molecule has 0 saturated heterocycles. The summed E-state index contributed by atoms with van der Waals surface area (Å²) in [7, 11) is 0. The summed E-state index contributed by atoms with van der Waals surface area (Å²) in [5.74, 6) is 0.590. The van der Waals surface area contributed by atoms with Crippen molar-refractivity contribution in [1.29, 1.82) is 0 Å². The highest BCUT2D eigenvalue weighted by Gasteiger charge is 2.30. The smallest absolute Gasteiger partial charge is 0.275 e. The molecule has 0 unspecified atom stereocenters. The second-order valence-electron chi connectivity index (χ2n) is 6.02. The quantitative estimate of drug-likeness (QED) is 0.776. The molecule has 3 N–H and O–H groups in total. The first-order valence-corrected chi connectivity index (χ1v) is 9.24. The number of hydrogen-bond donors (Lipinski definition) is 2. The molecule has 8 nitrogen and oxygen atoms in total. The van der Waals surface area contributed by atoms with Crippen LogP contribution >= 0.6 is 11.8 Å². The van der Waals surface area contributed by atoms with Crippen molar-refractivity contribution >= 4 is 28.5 Å². The molecule has 1 aliphatic heterocycles. The third-order valence-corrected chi connectivity index (χ3v) is 4.80. The van der Waals surface area contributed by atoms with E-state index in [0.29, 0.717) is 10.9 Å². The van der Waals surface area contributed by atoms with E-state index in [-0.39, 0.29) is 18.2 Å². The van der Waals surface area contributed by atoms with Gasteiger partial charge in [-0.15, -0.1) is 0 Å². The summed E-state index contributed by atoms with van der Waals surface area (Å²) in [6, 6.07) is 1.82. The Labute approximate surface area is 159 Å². The number of aliphatic imine (C=N–C) groups is 1. The number of carbonyl (C=O) groups is 1. The van der Waals surface area contributed by atoms with Gasteiger partial charge in [0.2, 0.25) is 5.88 Å². The van der Waals surface area contributed by atoms with Crippen molar-refractivity contribution in [2.75, 3.05) is 24.4 Å². The van der Waals surface area contributed by atoms with E-state index in [1.807, 2.05) is 13.0 Å². The molecule has 0 aliphatic carbocycles. The summed E-state index contributed by atoms with van der Waals surface area (Å²) in [5.41, 5.74) is 6.88. The largest absolute Gasteiger partial charge is 0.474 e. The third-order valence-electron chi connectivity index (χ3n) is 4.00. The molecular weight excluding hydrogens is 371 g/mol. The van der Waals surface area contributed by atoms with Crippen LogP contribution in [-0.4, -0.2) is 45.1 Å². The van der Waals surface area contributed by atoms with Gasteiger partial charge in [0, 0.05) is 11.9 Å². The van der Waals surface area contributed by atoms with E-state index in [2.05, 4.69) is 25.3 Å². The highest BCUT2D eigenvalue weighted by molar-refractivity contribution is 8.13. The van der Waals surface area contributed by atoms with Crippen LogP contribution in [0, 0.1) is 0 Å². The number of anilines is 1. The summed E-state index contributed by atoms with van der Waals surface area (Å²) in [4.78, 5) is 29.0. The fraction of sp³-hybridized carbons (Fsp3) is 0.353. The van der Waals surface area contributed by atoms with Crippen molar-refractivity contribution in [3.05, 3.63) is 42.1 Å². The molecular formula is C17H19FN6O2S. The van der Waals surface area contributed by atoms with Gasteiger partial charge in [0.15, 0.2) is 5.17 Å². The van der Waals surface area contributed by atoms with E-state index in [1.165, 1.54) is 24.2 Å². The summed E-state index contributed by atoms with van der Waals surface area (Å²) in [6.45, 7) is 1.26. The number of carbonyl (C=O) groups excluding carboxylic acids is 1. The number of nitrogens with zero attached hydrogens (tertiary/aromatic N) is 4. The summed E-state index contributed by atoms with van der Waals surface area (Å²) in [5, 5.41) is 3.28. The zero-order valence-corrected chi connectivity index (χ0v) is 15.5. The van der Waals surface area contributed by atoms with Crippen LogP contribution < -0.4 is 15.8 Å². The topological polar surface area (TPSA) is 115 Å². The first kappa shape index (κ1) is 19.0. The predicted molar refractivity (Wildman–Crippen MR) is 102 cm³/mol. The fourth-order valence-corrected chi connectivity index (χ4v) is 3.52. The Morgan fingerprint density at radius 2 is 2.22 bits per heavy atom. The van der Waals surface area contributed by atoms with E-state index in [1.54, 1.807) is 12.4 Å². The zero-order valence-electron chi connectivity index (χ0n) is 14.7. The minimum absolute atomic E-state index is 0.107. The van der Waals surface area contributed by atoms with Gasteiger partial charge in [-0.1, -0.05) is 11.8 Å². The SMILES string of the molecule is C[C@@]1(c2cncc(NC(=O)c3cnc(OCCF)cn3)c2)CCSC(N)=N1. The Hall–Kier alpha value is -2.75. The van der Waals surface area contributed by atoms with Crippen LogP contribution in [0.3, 0.4) is 0 Å². The van der Waals surface area contributed by atoms with Gasteiger partial charge in [0.25, 0.3) is 5.91 Å². The molecule has 27 heavy (non-hydrogen) atoms. The number of nitrogens with one attached hydrogen (secondary N) is 1. The summed E-state index contributed by atoms with van der Waals surface area (Å²) in [6.07, 6.45) is 6.63. The molecule has 0 bridgehead atoms. The van der Waals surface area contributed by atoms with Crippen molar-refractivity contribution in [3.63, 3.8) is 0 Å². The molecule has 3 heterocycles.